The Bertz CT molecular complexity index is 2540. The van der Waals surface area contributed by atoms with Crippen molar-refractivity contribution < 1.29 is 38.8 Å². The van der Waals surface area contributed by atoms with E-state index in [-0.39, 0.29) is 69.6 Å². The SMILES string of the molecule is C=CCOC12Oc3ccc(Oc4ccc(C)c(C)c4)cc3C3C(CCCCO)C(CCCCO)C=C(C(=NOCc4ccccc4)CC1N(Cc1cccc4ccccc14)C(=O)OCCCl)C32. The second-order valence-electron chi connectivity index (χ2n) is 17.9. The van der Waals surface area contributed by atoms with E-state index in [1.54, 1.807) is 11.0 Å². The van der Waals surface area contributed by atoms with Crippen LogP contribution in [0.5, 0.6) is 17.2 Å². The standard InChI is InChI=1S/C56H63ClN2O8/c1-4-30-64-56-52(59(55(62)63-31-27-57)36-43-20-14-19-41-17-8-9-21-46(41)43)35-50(58-65-37-40-15-6-5-7-16-40)48-33-42(18-10-12-28-60)47(22-11-13-29-61)53(54(48)56)49-34-45(25-26-51(49)67-56)66-44-24-23-38(2)39(3)32-44/h4-9,14-17,19-21,23-26,32-34,42,47,52-54,60-61H,1,10-13,18,22,27-31,35-37H2,2-3H3. The van der Waals surface area contributed by atoms with Crippen LogP contribution in [0.2, 0.25) is 0 Å². The fourth-order valence-corrected chi connectivity index (χ4v) is 10.6. The first-order chi connectivity index (χ1) is 32.8. The number of benzene rings is 5. The normalized spacial score (nSPS) is 22.3. The molecule has 0 aromatic heterocycles. The minimum atomic E-state index is -1.48. The van der Waals surface area contributed by atoms with E-state index in [4.69, 9.17) is 40.5 Å². The third-order valence-corrected chi connectivity index (χ3v) is 13.9. The maximum absolute atomic E-state index is 14.9. The molecule has 6 atom stereocenters. The average molecular weight is 928 g/mol. The molecule has 2 aliphatic carbocycles. The number of allylic oxidation sites excluding steroid dienone is 1. The Morgan fingerprint density at radius 1 is 0.896 bits per heavy atom. The zero-order valence-corrected chi connectivity index (χ0v) is 39.4. The summed E-state index contributed by atoms with van der Waals surface area (Å²) in [6.45, 7) is 8.99. The van der Waals surface area contributed by atoms with Crippen LogP contribution in [0.15, 0.2) is 139 Å². The van der Waals surface area contributed by atoms with Crippen molar-refractivity contribution in [3.63, 3.8) is 0 Å². The van der Waals surface area contributed by atoms with Gasteiger partial charge in [-0.15, -0.1) is 18.2 Å². The first-order valence-electron chi connectivity index (χ1n) is 23.7. The molecule has 11 heteroatoms. The van der Waals surface area contributed by atoms with Crippen LogP contribution in [-0.4, -0.2) is 71.1 Å². The zero-order valence-electron chi connectivity index (χ0n) is 38.7. The minimum Gasteiger partial charge on any atom is -0.459 e. The van der Waals surface area contributed by atoms with Gasteiger partial charge < -0.3 is 34.0 Å². The maximum Gasteiger partial charge on any atom is 0.410 e. The monoisotopic (exact) mass is 926 g/mol. The number of hydrogen-bond donors (Lipinski definition) is 2. The van der Waals surface area contributed by atoms with Crippen LogP contribution in [0, 0.1) is 31.6 Å². The molecule has 5 aromatic rings. The first kappa shape index (κ1) is 47.8. The van der Waals surface area contributed by atoms with Gasteiger partial charge in [-0.1, -0.05) is 109 Å². The summed E-state index contributed by atoms with van der Waals surface area (Å²) in [6.07, 6.45) is 8.28. The van der Waals surface area contributed by atoms with Crippen molar-refractivity contribution in [3.8, 4) is 17.2 Å². The number of ether oxygens (including phenoxy) is 4. The molecule has 3 aliphatic rings. The smallest absolute Gasteiger partial charge is 0.410 e. The van der Waals surface area contributed by atoms with Gasteiger partial charge in [0, 0.05) is 31.1 Å². The Balaban J connectivity index is 1.35. The van der Waals surface area contributed by atoms with Crippen LogP contribution >= 0.6 is 11.6 Å². The highest BCUT2D eigenvalue weighted by Crippen LogP contribution is 2.62. The molecule has 0 bridgehead atoms. The molecule has 2 N–H and O–H groups in total. The molecule has 8 rings (SSSR count). The van der Waals surface area contributed by atoms with Crippen LogP contribution in [0.1, 0.15) is 78.7 Å². The lowest BCUT2D eigenvalue weighted by atomic mass is 9.55. The number of unbranched alkanes of at least 4 members (excludes halogenated alkanes) is 2. The molecule has 0 spiro atoms. The van der Waals surface area contributed by atoms with Crippen molar-refractivity contribution in [3.05, 3.63) is 161 Å². The van der Waals surface area contributed by atoms with Crippen LogP contribution in [0.4, 0.5) is 4.79 Å². The van der Waals surface area contributed by atoms with Gasteiger partial charge in [0.15, 0.2) is 0 Å². The van der Waals surface area contributed by atoms with Gasteiger partial charge in [0.1, 0.15) is 36.5 Å². The van der Waals surface area contributed by atoms with Crippen molar-refractivity contribution >= 4 is 34.2 Å². The molecule has 0 radical (unpaired) electrons. The summed E-state index contributed by atoms with van der Waals surface area (Å²) in [5, 5.41) is 27.2. The average Bonchev–Trinajstić information content (AvgIpc) is 3.34. The molecule has 6 unspecified atom stereocenters. The molecule has 1 fully saturated rings. The summed E-state index contributed by atoms with van der Waals surface area (Å²) in [5.41, 5.74) is 6.81. The number of aryl methyl sites for hydroxylation is 2. The Morgan fingerprint density at radius 3 is 2.42 bits per heavy atom. The number of halogens is 1. The van der Waals surface area contributed by atoms with Crippen molar-refractivity contribution in [2.75, 3.05) is 32.3 Å². The van der Waals surface area contributed by atoms with E-state index in [2.05, 4.69) is 56.8 Å². The summed E-state index contributed by atoms with van der Waals surface area (Å²) < 4.78 is 27.3. The lowest BCUT2D eigenvalue weighted by Gasteiger charge is -2.59. The minimum absolute atomic E-state index is 0.00737. The number of fused-ring (bicyclic) bond motifs is 3. The number of alkyl halides is 1. The maximum atomic E-state index is 14.9. The van der Waals surface area contributed by atoms with Gasteiger partial charge in [-0.25, -0.2) is 4.79 Å². The van der Waals surface area contributed by atoms with Crippen molar-refractivity contribution in [1.29, 1.82) is 0 Å². The number of amides is 1. The molecule has 1 saturated carbocycles. The quantitative estimate of drug-likeness (QED) is 0.0323. The third kappa shape index (κ3) is 10.6. The summed E-state index contributed by atoms with van der Waals surface area (Å²) in [5.74, 6) is 0.00728. The molecule has 1 amide bonds. The Hall–Kier alpha value is -5.65. The summed E-state index contributed by atoms with van der Waals surface area (Å²) in [7, 11) is 0. The predicted octanol–water partition coefficient (Wildman–Crippen LogP) is 12.0. The van der Waals surface area contributed by atoms with Gasteiger partial charge in [-0.2, -0.15) is 0 Å². The molecule has 0 saturated heterocycles. The van der Waals surface area contributed by atoms with Gasteiger partial charge in [-0.3, -0.25) is 4.90 Å². The molecular weight excluding hydrogens is 864 g/mol. The number of oxime groups is 1. The number of aliphatic hydroxyl groups excluding tert-OH is 2. The summed E-state index contributed by atoms with van der Waals surface area (Å²) in [6, 6.07) is 35.5. The number of hydrogen-bond acceptors (Lipinski definition) is 9. The number of nitrogens with zero attached hydrogens (tertiary/aromatic N) is 2. The largest absolute Gasteiger partial charge is 0.459 e. The highest BCUT2D eigenvalue weighted by Gasteiger charge is 2.65. The second kappa shape index (κ2) is 22.4. The molecular formula is C56H63ClN2O8. The van der Waals surface area contributed by atoms with Crippen molar-refractivity contribution in [2.24, 2.45) is 22.9 Å². The number of rotatable bonds is 21. The van der Waals surface area contributed by atoms with Crippen molar-refractivity contribution in [1.82, 2.24) is 4.90 Å². The van der Waals surface area contributed by atoms with E-state index in [0.717, 1.165) is 70.0 Å². The van der Waals surface area contributed by atoms with Crippen LogP contribution in [-0.2, 0) is 27.5 Å². The highest BCUT2D eigenvalue weighted by molar-refractivity contribution is 6.18. The highest BCUT2D eigenvalue weighted by atomic mass is 35.5. The molecule has 352 valence electrons. The van der Waals surface area contributed by atoms with Crippen molar-refractivity contribution in [2.45, 2.75) is 89.7 Å². The van der Waals surface area contributed by atoms with Crippen LogP contribution < -0.4 is 9.47 Å². The molecule has 67 heavy (non-hydrogen) atoms. The Kier molecular flexibility index (Phi) is 16.0. The molecule has 1 aliphatic heterocycles. The Morgan fingerprint density at radius 2 is 1.64 bits per heavy atom. The number of aliphatic hydroxyl groups is 2. The zero-order chi connectivity index (χ0) is 46.8. The van der Waals surface area contributed by atoms with Gasteiger partial charge in [0.25, 0.3) is 0 Å². The fourth-order valence-electron chi connectivity index (χ4n) is 10.5. The lowest BCUT2D eigenvalue weighted by molar-refractivity contribution is -0.256. The van der Waals surface area contributed by atoms with E-state index in [1.165, 1.54) is 5.56 Å². The summed E-state index contributed by atoms with van der Waals surface area (Å²) in [4.78, 5) is 22.9. The van der Waals surface area contributed by atoms with E-state index >= 15 is 0 Å². The van der Waals surface area contributed by atoms with E-state index in [1.807, 2.05) is 78.9 Å². The third-order valence-electron chi connectivity index (χ3n) is 13.7. The fraction of sp³-hybridized carbons (Fsp3) is 0.393. The molecule has 5 aromatic carbocycles. The Labute approximate surface area is 399 Å². The van der Waals surface area contributed by atoms with Gasteiger partial charge in [0.2, 0.25) is 5.79 Å². The molecule has 10 nitrogen and oxygen atoms in total. The topological polar surface area (TPSA) is 119 Å². The van der Waals surface area contributed by atoms with E-state index in [0.29, 0.717) is 30.1 Å². The van der Waals surface area contributed by atoms with E-state index < -0.39 is 23.8 Å². The van der Waals surface area contributed by atoms with Gasteiger partial charge >= 0.3 is 6.09 Å². The lowest BCUT2D eigenvalue weighted by Crippen LogP contribution is -2.70. The van der Waals surface area contributed by atoms with Gasteiger partial charge in [0.05, 0.1) is 30.7 Å². The van der Waals surface area contributed by atoms with Gasteiger partial charge in [-0.05, 0) is 120 Å². The number of carbonyl (C=O) groups is 1. The van der Waals surface area contributed by atoms with E-state index in [9.17, 15) is 15.0 Å². The van der Waals surface area contributed by atoms with Crippen LogP contribution in [0.3, 0.4) is 0 Å². The molecule has 1 heterocycles. The van der Waals surface area contributed by atoms with Crippen LogP contribution in [0.25, 0.3) is 10.8 Å². The predicted molar refractivity (Wildman–Crippen MR) is 264 cm³/mol. The first-order valence-corrected chi connectivity index (χ1v) is 24.3. The summed E-state index contributed by atoms with van der Waals surface area (Å²) >= 11 is 6.20. The second-order valence-corrected chi connectivity index (χ2v) is 18.3. The number of carbonyl (C=O) groups excluding carboxylic acids is 1.